The Morgan fingerprint density at radius 1 is 1.17 bits per heavy atom. The Morgan fingerprint density at radius 2 is 1.50 bits per heavy atom. The van der Waals surface area contributed by atoms with E-state index in [4.69, 9.17) is 17.3 Å². The predicted octanol–water partition coefficient (Wildman–Crippen LogP) is 3.23. The number of hydrogen-bond acceptors (Lipinski definition) is 1. The van der Waals surface area contributed by atoms with Gasteiger partial charge in [-0.15, -0.1) is 0 Å². The summed E-state index contributed by atoms with van der Waals surface area (Å²) in [6.45, 7) is 4.00. The van der Waals surface area contributed by atoms with Gasteiger partial charge in [0.1, 0.15) is 16.7 Å². The van der Waals surface area contributed by atoms with Gasteiger partial charge in [0.15, 0.2) is 0 Å². The molecule has 0 fully saturated rings. The van der Waals surface area contributed by atoms with Gasteiger partial charge in [0.25, 0.3) is 0 Å². The Labute approximate surface area is 75.1 Å². The van der Waals surface area contributed by atoms with E-state index in [1.807, 2.05) is 13.8 Å². The van der Waals surface area contributed by atoms with Crippen molar-refractivity contribution in [1.82, 2.24) is 0 Å². The molecule has 2 N–H and O–H groups in total. The number of anilines is 1. The van der Waals surface area contributed by atoms with Gasteiger partial charge in [-0.25, -0.2) is 8.78 Å². The summed E-state index contributed by atoms with van der Waals surface area (Å²) in [4.78, 5) is 0. The van der Waals surface area contributed by atoms with Gasteiger partial charge in [-0.3, -0.25) is 0 Å². The molecule has 1 aromatic rings. The predicted molar refractivity (Wildman–Crippen MR) is 47.1 cm³/mol. The number of hydrogen-bond donors (Lipinski definition) is 1. The molecular formula is C8H10ClF2N. The molecule has 4 heteroatoms. The first-order valence-electron chi connectivity index (χ1n) is 3.51. The highest BCUT2D eigenvalue weighted by atomic mass is 35.5. The third-order valence-corrected chi connectivity index (χ3v) is 1.37. The number of rotatable bonds is 0. The van der Waals surface area contributed by atoms with E-state index in [1.165, 1.54) is 0 Å². The van der Waals surface area contributed by atoms with E-state index >= 15 is 0 Å². The summed E-state index contributed by atoms with van der Waals surface area (Å²) in [6, 6.07) is 1.93. The summed E-state index contributed by atoms with van der Waals surface area (Å²) in [7, 11) is 0. The fraction of sp³-hybridized carbons (Fsp3) is 0.250. The molecule has 0 saturated carbocycles. The smallest absolute Gasteiger partial charge is 0.146 e. The van der Waals surface area contributed by atoms with Gasteiger partial charge < -0.3 is 5.73 Å². The monoisotopic (exact) mass is 193 g/mol. The Hall–Kier alpha value is -0.830. The number of halogens is 3. The van der Waals surface area contributed by atoms with Gasteiger partial charge in [0.05, 0.1) is 0 Å². The third-order valence-electron chi connectivity index (χ3n) is 1.01. The molecule has 0 aliphatic rings. The van der Waals surface area contributed by atoms with E-state index in [2.05, 4.69) is 0 Å². The van der Waals surface area contributed by atoms with Gasteiger partial charge in [-0.1, -0.05) is 25.4 Å². The Bertz CT molecular complexity index is 240. The van der Waals surface area contributed by atoms with Gasteiger partial charge in [0, 0.05) is 5.69 Å². The van der Waals surface area contributed by atoms with E-state index in [1.54, 1.807) is 0 Å². The fourth-order valence-corrected chi connectivity index (χ4v) is 0.684. The zero-order chi connectivity index (χ0) is 9.72. The van der Waals surface area contributed by atoms with Crippen LogP contribution in [0.2, 0.25) is 5.02 Å². The van der Waals surface area contributed by atoms with Crippen LogP contribution < -0.4 is 5.73 Å². The maximum Gasteiger partial charge on any atom is 0.146 e. The van der Waals surface area contributed by atoms with Crippen molar-refractivity contribution in [2.75, 3.05) is 5.73 Å². The van der Waals surface area contributed by atoms with Crippen LogP contribution in [0.4, 0.5) is 14.5 Å². The maximum atomic E-state index is 12.4. The van der Waals surface area contributed by atoms with Crippen LogP contribution in [0.5, 0.6) is 0 Å². The molecule has 0 spiro atoms. The molecule has 0 unspecified atom stereocenters. The zero-order valence-electron chi connectivity index (χ0n) is 6.87. The van der Waals surface area contributed by atoms with Crippen LogP contribution in [0.3, 0.4) is 0 Å². The van der Waals surface area contributed by atoms with E-state index < -0.39 is 16.7 Å². The molecule has 0 bridgehead atoms. The van der Waals surface area contributed by atoms with Gasteiger partial charge in [0.2, 0.25) is 0 Å². The first-order chi connectivity index (χ1) is 5.61. The quantitative estimate of drug-likeness (QED) is 0.497. The molecule has 68 valence electrons. The van der Waals surface area contributed by atoms with Crippen molar-refractivity contribution in [3.8, 4) is 0 Å². The van der Waals surface area contributed by atoms with Crippen molar-refractivity contribution in [3.63, 3.8) is 0 Å². The number of nitrogens with two attached hydrogens (primary N) is 1. The Balaban J connectivity index is 0.000000561. The average molecular weight is 194 g/mol. The largest absolute Gasteiger partial charge is 0.399 e. The van der Waals surface area contributed by atoms with E-state index in [9.17, 15) is 8.78 Å². The highest BCUT2D eigenvalue weighted by Gasteiger charge is 2.05. The second-order valence-electron chi connectivity index (χ2n) is 1.80. The highest BCUT2D eigenvalue weighted by molar-refractivity contribution is 6.30. The topological polar surface area (TPSA) is 26.0 Å². The molecule has 0 aliphatic heterocycles. The zero-order valence-corrected chi connectivity index (χ0v) is 7.62. The minimum Gasteiger partial charge on any atom is -0.399 e. The van der Waals surface area contributed by atoms with Crippen molar-refractivity contribution in [3.05, 3.63) is 28.8 Å². The second kappa shape index (κ2) is 4.93. The van der Waals surface area contributed by atoms with E-state index in [0.29, 0.717) is 0 Å². The van der Waals surface area contributed by atoms with Crippen LogP contribution in [0, 0.1) is 11.6 Å². The van der Waals surface area contributed by atoms with Crippen LogP contribution in [0.25, 0.3) is 0 Å². The maximum absolute atomic E-state index is 12.4. The third kappa shape index (κ3) is 2.66. The minimum absolute atomic E-state index is 0.0272. The van der Waals surface area contributed by atoms with Crippen LogP contribution in [-0.4, -0.2) is 0 Å². The van der Waals surface area contributed by atoms with Gasteiger partial charge >= 0.3 is 0 Å². The van der Waals surface area contributed by atoms with Crippen LogP contribution in [0.15, 0.2) is 12.1 Å². The summed E-state index contributed by atoms with van der Waals surface area (Å²) < 4.78 is 24.8. The lowest BCUT2D eigenvalue weighted by atomic mass is 10.3. The highest BCUT2D eigenvalue weighted by Crippen LogP contribution is 2.20. The lowest BCUT2D eigenvalue weighted by Crippen LogP contribution is -1.89. The van der Waals surface area contributed by atoms with E-state index in [-0.39, 0.29) is 5.69 Å². The van der Waals surface area contributed by atoms with Gasteiger partial charge in [-0.05, 0) is 12.1 Å². The van der Waals surface area contributed by atoms with Crippen molar-refractivity contribution in [2.45, 2.75) is 13.8 Å². The fourth-order valence-electron chi connectivity index (χ4n) is 0.575. The molecule has 0 radical (unpaired) electrons. The molecule has 0 aromatic heterocycles. The normalized spacial score (nSPS) is 8.75. The van der Waals surface area contributed by atoms with Gasteiger partial charge in [-0.2, -0.15) is 0 Å². The summed E-state index contributed by atoms with van der Waals surface area (Å²) in [5, 5.41) is -0.519. The lowest BCUT2D eigenvalue weighted by molar-refractivity contribution is 0.585. The van der Waals surface area contributed by atoms with Crippen molar-refractivity contribution in [2.24, 2.45) is 0 Å². The summed E-state index contributed by atoms with van der Waals surface area (Å²) in [5.74, 6) is -1.67. The number of benzene rings is 1. The standard InChI is InChI=1S/C6H4ClF2N.C2H6/c7-6-4(8)1-3(10)2-5(6)9;1-2/h1-2H,10H2;1-2H3. The molecule has 0 saturated heterocycles. The molecule has 1 aromatic carbocycles. The molecule has 0 atom stereocenters. The molecule has 0 heterocycles. The van der Waals surface area contributed by atoms with Crippen molar-refractivity contribution < 1.29 is 8.78 Å². The summed E-state index contributed by atoms with van der Waals surface area (Å²) in [5.41, 5.74) is 5.12. The molecule has 0 aliphatic carbocycles. The first-order valence-corrected chi connectivity index (χ1v) is 3.89. The average Bonchev–Trinajstić information content (AvgIpc) is 2.04. The van der Waals surface area contributed by atoms with Crippen LogP contribution in [-0.2, 0) is 0 Å². The number of nitrogen functional groups attached to an aromatic ring is 1. The molecule has 12 heavy (non-hydrogen) atoms. The SMILES string of the molecule is CC.Nc1cc(F)c(Cl)c(F)c1. The molecular weight excluding hydrogens is 184 g/mol. The Kier molecular flexibility index (Phi) is 4.59. The lowest BCUT2D eigenvalue weighted by Gasteiger charge is -1.96. The minimum atomic E-state index is -0.834. The van der Waals surface area contributed by atoms with Crippen molar-refractivity contribution >= 4 is 17.3 Å². The van der Waals surface area contributed by atoms with E-state index in [0.717, 1.165) is 12.1 Å². The summed E-state index contributed by atoms with van der Waals surface area (Å²) in [6.07, 6.45) is 0. The Morgan fingerprint density at radius 3 is 1.83 bits per heavy atom. The molecule has 1 rings (SSSR count). The first kappa shape index (κ1) is 11.2. The molecule has 0 amide bonds. The molecule has 1 nitrogen and oxygen atoms in total. The van der Waals surface area contributed by atoms with Crippen LogP contribution >= 0.6 is 11.6 Å². The second-order valence-corrected chi connectivity index (χ2v) is 2.18. The summed E-state index contributed by atoms with van der Waals surface area (Å²) >= 11 is 5.14. The van der Waals surface area contributed by atoms with Crippen molar-refractivity contribution in [1.29, 1.82) is 0 Å². The van der Waals surface area contributed by atoms with Crippen LogP contribution in [0.1, 0.15) is 13.8 Å².